The standard InChI is InChI=1S/C13H30N2/c1-4-7-8-13(6-3)12-15-11-10-14-9-5-2/h13-15H,4-12H2,1-3H3. The Labute approximate surface area is 96.2 Å². The average Bonchev–Trinajstić information content (AvgIpc) is 2.27. The van der Waals surface area contributed by atoms with Gasteiger partial charge in [-0.1, -0.05) is 40.0 Å². The van der Waals surface area contributed by atoms with Gasteiger partial charge < -0.3 is 10.6 Å². The van der Waals surface area contributed by atoms with Gasteiger partial charge in [0.15, 0.2) is 0 Å². The zero-order chi connectivity index (χ0) is 11.4. The number of nitrogens with one attached hydrogen (secondary N) is 2. The van der Waals surface area contributed by atoms with Crippen molar-refractivity contribution in [2.75, 3.05) is 26.2 Å². The van der Waals surface area contributed by atoms with E-state index in [1.165, 1.54) is 38.6 Å². The Hall–Kier alpha value is -0.0800. The topological polar surface area (TPSA) is 24.1 Å². The van der Waals surface area contributed by atoms with Crippen molar-refractivity contribution in [2.45, 2.75) is 52.9 Å². The molecule has 0 heterocycles. The highest BCUT2D eigenvalue weighted by Crippen LogP contribution is 2.10. The van der Waals surface area contributed by atoms with Crippen molar-refractivity contribution in [2.24, 2.45) is 5.92 Å². The fourth-order valence-corrected chi connectivity index (χ4v) is 1.73. The maximum absolute atomic E-state index is 3.54. The van der Waals surface area contributed by atoms with Crippen LogP contribution in [0.5, 0.6) is 0 Å². The molecule has 0 amide bonds. The number of hydrogen-bond donors (Lipinski definition) is 2. The van der Waals surface area contributed by atoms with Crippen LogP contribution in [0, 0.1) is 5.92 Å². The second-order valence-corrected chi connectivity index (χ2v) is 4.37. The minimum absolute atomic E-state index is 0.885. The Balaban J connectivity index is 3.22. The first kappa shape index (κ1) is 14.9. The number of hydrogen-bond acceptors (Lipinski definition) is 2. The van der Waals surface area contributed by atoms with Crippen LogP contribution >= 0.6 is 0 Å². The molecule has 0 radical (unpaired) electrons. The van der Waals surface area contributed by atoms with Crippen LogP contribution < -0.4 is 10.6 Å². The van der Waals surface area contributed by atoms with Crippen LogP contribution in [0.2, 0.25) is 0 Å². The highest BCUT2D eigenvalue weighted by molar-refractivity contribution is 4.61. The molecule has 0 saturated heterocycles. The summed E-state index contributed by atoms with van der Waals surface area (Å²) in [4.78, 5) is 0. The van der Waals surface area contributed by atoms with Gasteiger partial charge in [-0.2, -0.15) is 0 Å². The highest BCUT2D eigenvalue weighted by atomic mass is 14.9. The molecule has 1 atom stereocenters. The quantitative estimate of drug-likeness (QED) is 0.517. The van der Waals surface area contributed by atoms with Crippen molar-refractivity contribution < 1.29 is 0 Å². The van der Waals surface area contributed by atoms with Crippen molar-refractivity contribution in [3.8, 4) is 0 Å². The monoisotopic (exact) mass is 214 g/mol. The van der Waals surface area contributed by atoms with Gasteiger partial charge in [-0.25, -0.2) is 0 Å². The third-order valence-corrected chi connectivity index (χ3v) is 2.88. The summed E-state index contributed by atoms with van der Waals surface area (Å²) in [6.45, 7) is 11.4. The molecule has 0 aliphatic carbocycles. The highest BCUT2D eigenvalue weighted by Gasteiger charge is 2.04. The normalized spacial score (nSPS) is 13.0. The molecule has 0 saturated carbocycles. The number of unbranched alkanes of at least 4 members (excludes halogenated alkanes) is 1. The Morgan fingerprint density at radius 3 is 2.20 bits per heavy atom. The molecule has 0 aromatic carbocycles. The summed E-state index contributed by atoms with van der Waals surface area (Å²) in [7, 11) is 0. The van der Waals surface area contributed by atoms with Crippen LogP contribution in [0.1, 0.15) is 52.9 Å². The van der Waals surface area contributed by atoms with Crippen molar-refractivity contribution in [1.82, 2.24) is 10.6 Å². The minimum Gasteiger partial charge on any atom is -0.315 e. The van der Waals surface area contributed by atoms with Crippen LogP contribution in [-0.4, -0.2) is 26.2 Å². The maximum atomic E-state index is 3.54. The molecule has 0 rings (SSSR count). The summed E-state index contributed by atoms with van der Waals surface area (Å²) in [5.74, 6) is 0.885. The van der Waals surface area contributed by atoms with Crippen LogP contribution in [0.4, 0.5) is 0 Å². The first-order chi connectivity index (χ1) is 7.35. The summed E-state index contributed by atoms with van der Waals surface area (Å²) in [6, 6.07) is 0. The summed E-state index contributed by atoms with van der Waals surface area (Å²) in [6.07, 6.45) is 6.65. The summed E-state index contributed by atoms with van der Waals surface area (Å²) < 4.78 is 0. The lowest BCUT2D eigenvalue weighted by molar-refractivity contribution is 0.418. The smallest absolute Gasteiger partial charge is 0.00768 e. The van der Waals surface area contributed by atoms with Gasteiger partial charge in [0.05, 0.1) is 0 Å². The largest absolute Gasteiger partial charge is 0.315 e. The fourth-order valence-electron chi connectivity index (χ4n) is 1.73. The third-order valence-electron chi connectivity index (χ3n) is 2.88. The fraction of sp³-hybridized carbons (Fsp3) is 1.00. The molecule has 0 aliphatic rings. The first-order valence-corrected chi connectivity index (χ1v) is 6.76. The molecule has 0 bridgehead atoms. The molecule has 0 spiro atoms. The molecule has 0 aromatic heterocycles. The minimum atomic E-state index is 0.885. The van der Waals surface area contributed by atoms with E-state index >= 15 is 0 Å². The molecule has 2 N–H and O–H groups in total. The maximum Gasteiger partial charge on any atom is 0.00768 e. The van der Waals surface area contributed by atoms with Crippen molar-refractivity contribution in [3.05, 3.63) is 0 Å². The van der Waals surface area contributed by atoms with E-state index in [9.17, 15) is 0 Å². The molecule has 0 aromatic rings. The molecule has 2 nitrogen and oxygen atoms in total. The van der Waals surface area contributed by atoms with E-state index < -0.39 is 0 Å². The molecule has 0 aliphatic heterocycles. The van der Waals surface area contributed by atoms with Crippen LogP contribution in [0.15, 0.2) is 0 Å². The van der Waals surface area contributed by atoms with Gasteiger partial charge >= 0.3 is 0 Å². The van der Waals surface area contributed by atoms with E-state index in [1.54, 1.807) is 0 Å². The summed E-state index contributed by atoms with van der Waals surface area (Å²) in [5, 5.41) is 6.95. The summed E-state index contributed by atoms with van der Waals surface area (Å²) in [5.41, 5.74) is 0. The van der Waals surface area contributed by atoms with Crippen LogP contribution in [0.3, 0.4) is 0 Å². The predicted octanol–water partition coefficient (Wildman–Crippen LogP) is 2.79. The van der Waals surface area contributed by atoms with E-state index in [-0.39, 0.29) is 0 Å². The number of rotatable bonds is 11. The Morgan fingerprint density at radius 1 is 0.867 bits per heavy atom. The lowest BCUT2D eigenvalue weighted by atomic mass is 9.99. The van der Waals surface area contributed by atoms with Crippen LogP contribution in [0.25, 0.3) is 0 Å². The van der Waals surface area contributed by atoms with E-state index in [2.05, 4.69) is 31.4 Å². The SMILES string of the molecule is CCCCC(CC)CNCCNCCC. The Kier molecular flexibility index (Phi) is 11.9. The second kappa shape index (κ2) is 12.0. The average molecular weight is 214 g/mol. The second-order valence-electron chi connectivity index (χ2n) is 4.37. The Bertz CT molecular complexity index is 115. The van der Waals surface area contributed by atoms with Gasteiger partial charge in [0.1, 0.15) is 0 Å². The molecular formula is C13H30N2. The van der Waals surface area contributed by atoms with E-state index in [0.717, 1.165) is 25.6 Å². The molecule has 92 valence electrons. The molecule has 15 heavy (non-hydrogen) atoms. The van der Waals surface area contributed by atoms with Gasteiger partial charge in [-0.3, -0.25) is 0 Å². The molecule has 1 unspecified atom stereocenters. The summed E-state index contributed by atoms with van der Waals surface area (Å²) >= 11 is 0. The van der Waals surface area contributed by atoms with Gasteiger partial charge in [-0.05, 0) is 31.8 Å². The van der Waals surface area contributed by atoms with Gasteiger partial charge in [-0.15, -0.1) is 0 Å². The lowest BCUT2D eigenvalue weighted by Gasteiger charge is -2.15. The van der Waals surface area contributed by atoms with Gasteiger partial charge in [0, 0.05) is 13.1 Å². The van der Waals surface area contributed by atoms with Crippen molar-refractivity contribution in [1.29, 1.82) is 0 Å². The third kappa shape index (κ3) is 10.2. The van der Waals surface area contributed by atoms with E-state index in [0.29, 0.717) is 0 Å². The predicted molar refractivity (Wildman–Crippen MR) is 69.3 cm³/mol. The zero-order valence-corrected chi connectivity index (χ0v) is 10.9. The lowest BCUT2D eigenvalue weighted by Crippen LogP contribution is -2.31. The molecule has 2 heteroatoms. The van der Waals surface area contributed by atoms with E-state index in [4.69, 9.17) is 0 Å². The molecule has 0 fully saturated rings. The zero-order valence-electron chi connectivity index (χ0n) is 10.9. The van der Waals surface area contributed by atoms with Gasteiger partial charge in [0.25, 0.3) is 0 Å². The van der Waals surface area contributed by atoms with Crippen molar-refractivity contribution in [3.63, 3.8) is 0 Å². The van der Waals surface area contributed by atoms with E-state index in [1.807, 2.05) is 0 Å². The van der Waals surface area contributed by atoms with Crippen LogP contribution in [-0.2, 0) is 0 Å². The van der Waals surface area contributed by atoms with Gasteiger partial charge in [0.2, 0.25) is 0 Å². The molecular weight excluding hydrogens is 184 g/mol. The Morgan fingerprint density at radius 2 is 1.60 bits per heavy atom. The van der Waals surface area contributed by atoms with Crippen molar-refractivity contribution >= 4 is 0 Å². The first-order valence-electron chi connectivity index (χ1n) is 6.76.